The first-order valence-corrected chi connectivity index (χ1v) is 5.41. The summed E-state index contributed by atoms with van der Waals surface area (Å²) < 4.78 is 0.0186. The van der Waals surface area contributed by atoms with Crippen LogP contribution in [-0.2, 0) is 4.79 Å². The number of carbonyl (C=O) groups excluding carboxylic acids is 1. The minimum absolute atomic E-state index is 0.00463. The molecule has 0 spiro atoms. The highest BCUT2D eigenvalue weighted by atomic mass is 32.2. The van der Waals surface area contributed by atoms with E-state index in [1.807, 2.05) is 18.7 Å². The second-order valence-electron chi connectivity index (χ2n) is 4.10. The molecule has 1 aliphatic rings. The summed E-state index contributed by atoms with van der Waals surface area (Å²) >= 11 is 1.82. The molecule has 3 heteroatoms. The van der Waals surface area contributed by atoms with E-state index in [9.17, 15) is 4.79 Å². The molecule has 0 saturated carbocycles. The number of carbonyl (C=O) groups is 1. The van der Waals surface area contributed by atoms with Crippen molar-refractivity contribution < 1.29 is 4.79 Å². The lowest BCUT2D eigenvalue weighted by atomic mass is 9.98. The molecule has 1 rings (SSSR count). The predicted octanol–water partition coefficient (Wildman–Crippen LogP) is 2.26. The summed E-state index contributed by atoms with van der Waals surface area (Å²) in [7, 11) is 0. The molecule has 0 radical (unpaired) electrons. The number of hydrogen-bond acceptors (Lipinski definition) is 3. The number of ketones is 1. The molecular weight excluding hydrogens is 182 g/mol. The topological polar surface area (TPSA) is 20.3 Å². The van der Waals surface area contributed by atoms with Crippen LogP contribution < -0.4 is 0 Å². The minimum atomic E-state index is -0.00463. The zero-order chi connectivity index (χ0) is 10.2. The van der Waals surface area contributed by atoms with Gasteiger partial charge in [0.15, 0.2) is 5.78 Å². The van der Waals surface area contributed by atoms with Crippen LogP contribution in [0.25, 0.3) is 0 Å². The molecule has 13 heavy (non-hydrogen) atoms. The molecule has 0 aliphatic carbocycles. The minimum Gasteiger partial charge on any atom is -0.355 e. The van der Waals surface area contributed by atoms with E-state index in [0.29, 0.717) is 0 Å². The van der Waals surface area contributed by atoms with Gasteiger partial charge in [0, 0.05) is 10.4 Å². The molecule has 1 fully saturated rings. The normalized spacial score (nSPS) is 26.2. The third-order valence-corrected chi connectivity index (χ3v) is 3.80. The SMILES string of the molecule is C=C(C)N1CSC(C)(C)[C@H]1C(C)=O. The Kier molecular flexibility index (Phi) is 2.76. The molecule has 0 bridgehead atoms. The van der Waals surface area contributed by atoms with E-state index in [-0.39, 0.29) is 16.6 Å². The quantitative estimate of drug-likeness (QED) is 0.680. The molecule has 1 aliphatic heterocycles. The van der Waals surface area contributed by atoms with Crippen molar-refractivity contribution in [2.75, 3.05) is 5.88 Å². The average Bonchev–Trinajstić information content (AvgIpc) is 2.24. The van der Waals surface area contributed by atoms with Crippen LogP contribution in [0.15, 0.2) is 12.3 Å². The first-order valence-electron chi connectivity index (χ1n) is 4.43. The van der Waals surface area contributed by atoms with E-state index >= 15 is 0 Å². The Balaban J connectivity index is 2.92. The summed E-state index contributed by atoms with van der Waals surface area (Å²) in [5.74, 6) is 1.12. The van der Waals surface area contributed by atoms with Gasteiger partial charge in [-0.1, -0.05) is 6.58 Å². The fraction of sp³-hybridized carbons (Fsp3) is 0.700. The molecule has 0 unspecified atom stereocenters. The van der Waals surface area contributed by atoms with Crippen molar-refractivity contribution in [1.29, 1.82) is 0 Å². The van der Waals surface area contributed by atoms with Crippen LogP contribution in [0.3, 0.4) is 0 Å². The van der Waals surface area contributed by atoms with Gasteiger partial charge in [0.05, 0.1) is 5.88 Å². The Morgan fingerprint density at radius 2 is 2.08 bits per heavy atom. The van der Waals surface area contributed by atoms with E-state index in [0.717, 1.165) is 11.6 Å². The summed E-state index contributed by atoms with van der Waals surface area (Å²) in [5, 5.41) is 0. The fourth-order valence-corrected chi connectivity index (χ4v) is 3.10. The van der Waals surface area contributed by atoms with Gasteiger partial charge in [0.1, 0.15) is 6.04 Å². The summed E-state index contributed by atoms with van der Waals surface area (Å²) in [4.78, 5) is 13.6. The van der Waals surface area contributed by atoms with Gasteiger partial charge in [0.2, 0.25) is 0 Å². The number of nitrogens with zero attached hydrogens (tertiary/aromatic N) is 1. The Bertz CT molecular complexity index is 247. The van der Waals surface area contributed by atoms with Gasteiger partial charge >= 0.3 is 0 Å². The molecule has 2 nitrogen and oxygen atoms in total. The smallest absolute Gasteiger partial charge is 0.153 e. The average molecular weight is 199 g/mol. The largest absolute Gasteiger partial charge is 0.355 e. The number of rotatable bonds is 2. The molecule has 0 amide bonds. The lowest BCUT2D eigenvalue weighted by Crippen LogP contribution is -2.44. The Morgan fingerprint density at radius 1 is 1.54 bits per heavy atom. The Labute approximate surface area is 84.4 Å². The van der Waals surface area contributed by atoms with Crippen LogP contribution in [0.2, 0.25) is 0 Å². The molecule has 1 atom stereocenters. The molecule has 74 valence electrons. The molecule has 1 heterocycles. The van der Waals surface area contributed by atoms with Crippen molar-refractivity contribution in [3.8, 4) is 0 Å². The first kappa shape index (κ1) is 10.6. The van der Waals surface area contributed by atoms with Crippen LogP contribution in [0, 0.1) is 0 Å². The third-order valence-electron chi connectivity index (χ3n) is 2.42. The highest BCUT2D eigenvalue weighted by molar-refractivity contribution is 8.00. The molecule has 0 aromatic heterocycles. The van der Waals surface area contributed by atoms with Gasteiger partial charge in [-0.05, 0) is 27.7 Å². The van der Waals surface area contributed by atoms with Gasteiger partial charge in [0.25, 0.3) is 0 Å². The predicted molar refractivity (Wildman–Crippen MR) is 57.7 cm³/mol. The Hall–Kier alpha value is -0.440. The van der Waals surface area contributed by atoms with Gasteiger partial charge in [-0.2, -0.15) is 0 Å². The van der Waals surface area contributed by atoms with Crippen LogP contribution in [0.4, 0.5) is 0 Å². The fourth-order valence-electron chi connectivity index (χ4n) is 1.80. The van der Waals surface area contributed by atoms with E-state index in [1.165, 1.54) is 0 Å². The van der Waals surface area contributed by atoms with E-state index in [4.69, 9.17) is 0 Å². The van der Waals surface area contributed by atoms with Gasteiger partial charge in [-0.15, -0.1) is 11.8 Å². The van der Waals surface area contributed by atoms with Crippen LogP contribution in [0.5, 0.6) is 0 Å². The van der Waals surface area contributed by atoms with Gasteiger partial charge < -0.3 is 4.90 Å². The van der Waals surface area contributed by atoms with Crippen molar-refractivity contribution in [1.82, 2.24) is 4.90 Å². The maximum Gasteiger partial charge on any atom is 0.153 e. The molecule has 0 N–H and O–H groups in total. The third kappa shape index (κ3) is 1.90. The lowest BCUT2D eigenvalue weighted by Gasteiger charge is -2.30. The van der Waals surface area contributed by atoms with Crippen LogP contribution in [-0.4, -0.2) is 27.3 Å². The lowest BCUT2D eigenvalue weighted by molar-refractivity contribution is -0.121. The highest BCUT2D eigenvalue weighted by Gasteiger charge is 2.43. The monoisotopic (exact) mass is 199 g/mol. The molecular formula is C10H17NOS. The Morgan fingerprint density at radius 3 is 2.38 bits per heavy atom. The summed E-state index contributed by atoms with van der Waals surface area (Å²) in [6.07, 6.45) is 0. The maximum absolute atomic E-state index is 11.5. The van der Waals surface area contributed by atoms with Crippen molar-refractivity contribution in [2.45, 2.75) is 38.5 Å². The molecule has 0 aromatic rings. The van der Waals surface area contributed by atoms with Crippen molar-refractivity contribution >= 4 is 17.5 Å². The molecule has 1 saturated heterocycles. The number of allylic oxidation sites excluding steroid dienone is 1. The standard InChI is InChI=1S/C10H17NOS/c1-7(2)11-6-13-10(4,5)9(11)8(3)12/h9H,1,6H2,2-5H3/t9-/m1/s1. The maximum atomic E-state index is 11.5. The van der Waals surface area contributed by atoms with Crippen molar-refractivity contribution in [2.24, 2.45) is 0 Å². The summed E-state index contributed by atoms with van der Waals surface area (Å²) in [5.41, 5.74) is 0.985. The number of thioether (sulfide) groups is 1. The summed E-state index contributed by atoms with van der Waals surface area (Å²) in [6, 6.07) is -0.00463. The highest BCUT2D eigenvalue weighted by Crippen LogP contribution is 2.40. The summed E-state index contributed by atoms with van der Waals surface area (Å²) in [6.45, 7) is 11.7. The number of Topliss-reactive ketones (excluding diaryl/α,β-unsaturated/α-hetero) is 1. The van der Waals surface area contributed by atoms with Gasteiger partial charge in [-0.25, -0.2) is 0 Å². The zero-order valence-corrected chi connectivity index (χ0v) is 9.57. The zero-order valence-electron chi connectivity index (χ0n) is 8.76. The van der Waals surface area contributed by atoms with E-state index in [2.05, 4.69) is 25.3 Å². The van der Waals surface area contributed by atoms with E-state index in [1.54, 1.807) is 6.92 Å². The second-order valence-corrected chi connectivity index (χ2v) is 5.69. The van der Waals surface area contributed by atoms with Crippen molar-refractivity contribution in [3.63, 3.8) is 0 Å². The first-order chi connectivity index (χ1) is 5.86. The van der Waals surface area contributed by atoms with Gasteiger partial charge in [-0.3, -0.25) is 4.79 Å². The van der Waals surface area contributed by atoms with Crippen LogP contribution >= 0.6 is 11.8 Å². The van der Waals surface area contributed by atoms with E-state index < -0.39 is 0 Å². The molecule has 0 aromatic carbocycles. The second kappa shape index (κ2) is 3.37. The number of hydrogen-bond donors (Lipinski definition) is 0. The van der Waals surface area contributed by atoms with Crippen LogP contribution in [0.1, 0.15) is 27.7 Å². The van der Waals surface area contributed by atoms with Crippen molar-refractivity contribution in [3.05, 3.63) is 12.3 Å².